The number of thioether (sulfide) groups is 1. The van der Waals surface area contributed by atoms with Gasteiger partial charge in [0.25, 0.3) is 5.91 Å². The van der Waals surface area contributed by atoms with Crippen LogP contribution in [0.2, 0.25) is 0 Å². The average molecular weight is 270 g/mol. The van der Waals surface area contributed by atoms with Crippen LogP contribution < -0.4 is 10.6 Å². The van der Waals surface area contributed by atoms with E-state index in [1.807, 2.05) is 17.7 Å². The largest absolute Gasteiger partial charge is 0.351 e. The molecule has 1 aliphatic heterocycles. The molecule has 1 fully saturated rings. The number of hydrogen-bond donors (Lipinski definition) is 2. The molecule has 0 aliphatic carbocycles. The Morgan fingerprint density at radius 3 is 3.29 bits per heavy atom. The third-order valence-electron chi connectivity index (χ3n) is 3.01. The predicted molar refractivity (Wildman–Crippen MR) is 74.0 cm³/mol. The summed E-state index contributed by atoms with van der Waals surface area (Å²) in [7, 11) is 0. The van der Waals surface area contributed by atoms with Gasteiger partial charge in [0.15, 0.2) is 0 Å². The quantitative estimate of drug-likeness (QED) is 0.824. The molecule has 1 saturated heterocycles. The van der Waals surface area contributed by atoms with Gasteiger partial charge in [0.1, 0.15) is 4.88 Å². The molecular formula is C12H18N2OS2. The molecule has 0 spiro atoms. The summed E-state index contributed by atoms with van der Waals surface area (Å²) in [6.07, 6.45) is 4.44. The molecule has 0 aromatic carbocycles. The Balaban J connectivity index is 1.84. The molecule has 17 heavy (non-hydrogen) atoms. The van der Waals surface area contributed by atoms with Crippen molar-refractivity contribution >= 4 is 29.0 Å². The molecule has 0 saturated carbocycles. The lowest BCUT2D eigenvalue weighted by Gasteiger charge is -2.22. The highest BCUT2D eigenvalue weighted by Gasteiger charge is 2.16. The van der Waals surface area contributed by atoms with E-state index in [9.17, 15) is 4.79 Å². The molecule has 1 aliphatic rings. The molecule has 2 rings (SSSR count). The standard InChI is InChI=1S/C12H18N2OS2/c1-16-10-4-6-17-11(10)12(15)14-8-9-3-2-5-13-7-9/h4,6,9,13H,2-3,5,7-8H2,1H3,(H,14,15). The molecule has 2 heterocycles. The summed E-state index contributed by atoms with van der Waals surface area (Å²) in [5, 5.41) is 8.39. The second kappa shape index (κ2) is 6.42. The minimum absolute atomic E-state index is 0.0786. The minimum Gasteiger partial charge on any atom is -0.351 e. The molecule has 1 aromatic heterocycles. The highest BCUT2D eigenvalue weighted by molar-refractivity contribution is 7.98. The van der Waals surface area contributed by atoms with E-state index < -0.39 is 0 Å². The summed E-state index contributed by atoms with van der Waals surface area (Å²) in [4.78, 5) is 13.9. The van der Waals surface area contributed by atoms with Crippen molar-refractivity contribution < 1.29 is 4.79 Å². The number of rotatable bonds is 4. The van der Waals surface area contributed by atoms with Crippen LogP contribution >= 0.6 is 23.1 Å². The van der Waals surface area contributed by atoms with Crippen molar-refractivity contribution in [2.75, 3.05) is 25.9 Å². The Hall–Kier alpha value is -0.520. The van der Waals surface area contributed by atoms with E-state index in [1.54, 1.807) is 11.8 Å². The van der Waals surface area contributed by atoms with Crippen molar-refractivity contribution in [1.29, 1.82) is 0 Å². The SMILES string of the molecule is CSc1ccsc1C(=O)NCC1CCCNC1. The van der Waals surface area contributed by atoms with Gasteiger partial charge in [0, 0.05) is 11.4 Å². The Bertz CT molecular complexity index is 372. The maximum absolute atomic E-state index is 12.0. The fourth-order valence-corrected chi connectivity index (χ4v) is 3.71. The van der Waals surface area contributed by atoms with Gasteiger partial charge in [-0.15, -0.1) is 23.1 Å². The topological polar surface area (TPSA) is 41.1 Å². The van der Waals surface area contributed by atoms with Crippen LogP contribution in [0.3, 0.4) is 0 Å². The van der Waals surface area contributed by atoms with Crippen molar-refractivity contribution in [2.24, 2.45) is 5.92 Å². The minimum atomic E-state index is 0.0786. The third-order valence-corrected chi connectivity index (χ3v) is 4.83. The van der Waals surface area contributed by atoms with E-state index in [0.29, 0.717) is 5.92 Å². The molecule has 2 N–H and O–H groups in total. The Labute approximate surface area is 110 Å². The van der Waals surface area contributed by atoms with Gasteiger partial charge < -0.3 is 10.6 Å². The molecular weight excluding hydrogens is 252 g/mol. The first-order valence-corrected chi connectivity index (χ1v) is 8.02. The highest BCUT2D eigenvalue weighted by atomic mass is 32.2. The lowest BCUT2D eigenvalue weighted by atomic mass is 10.00. The molecule has 1 aromatic rings. The lowest BCUT2D eigenvalue weighted by Crippen LogP contribution is -2.38. The van der Waals surface area contributed by atoms with Gasteiger partial charge in [-0.25, -0.2) is 0 Å². The van der Waals surface area contributed by atoms with E-state index >= 15 is 0 Å². The molecule has 5 heteroatoms. The fourth-order valence-electron chi connectivity index (χ4n) is 2.04. The van der Waals surface area contributed by atoms with Gasteiger partial charge >= 0.3 is 0 Å². The average Bonchev–Trinajstić information content (AvgIpc) is 2.85. The molecule has 3 nitrogen and oxygen atoms in total. The summed E-state index contributed by atoms with van der Waals surface area (Å²) in [6.45, 7) is 2.93. The van der Waals surface area contributed by atoms with Crippen molar-refractivity contribution in [3.05, 3.63) is 16.3 Å². The summed E-state index contributed by atoms with van der Waals surface area (Å²) in [5.41, 5.74) is 0. The molecule has 0 bridgehead atoms. The van der Waals surface area contributed by atoms with Crippen molar-refractivity contribution in [1.82, 2.24) is 10.6 Å². The van der Waals surface area contributed by atoms with E-state index in [2.05, 4.69) is 10.6 Å². The second-order valence-electron chi connectivity index (χ2n) is 4.24. The number of nitrogens with one attached hydrogen (secondary N) is 2. The van der Waals surface area contributed by atoms with Crippen LogP contribution in [-0.2, 0) is 0 Å². The number of carbonyl (C=O) groups is 1. The first kappa shape index (κ1) is 12.9. The van der Waals surface area contributed by atoms with E-state index in [1.165, 1.54) is 24.2 Å². The van der Waals surface area contributed by atoms with Gasteiger partial charge in [-0.2, -0.15) is 0 Å². The van der Waals surface area contributed by atoms with Gasteiger partial charge in [-0.1, -0.05) is 0 Å². The van der Waals surface area contributed by atoms with Gasteiger partial charge in [-0.3, -0.25) is 4.79 Å². The van der Waals surface area contributed by atoms with Crippen LogP contribution in [-0.4, -0.2) is 31.8 Å². The van der Waals surface area contributed by atoms with Crippen LogP contribution in [0, 0.1) is 5.92 Å². The number of amides is 1. The van der Waals surface area contributed by atoms with Crippen LogP contribution in [0.1, 0.15) is 22.5 Å². The fraction of sp³-hybridized carbons (Fsp3) is 0.583. The van der Waals surface area contributed by atoms with Crippen LogP contribution in [0.4, 0.5) is 0 Å². The summed E-state index contributed by atoms with van der Waals surface area (Å²) in [6, 6.07) is 2.01. The third kappa shape index (κ3) is 3.47. The number of thiophene rings is 1. The van der Waals surface area contributed by atoms with Crippen LogP contribution in [0.15, 0.2) is 16.3 Å². The van der Waals surface area contributed by atoms with Crippen molar-refractivity contribution in [3.8, 4) is 0 Å². The number of hydrogen-bond acceptors (Lipinski definition) is 4. The van der Waals surface area contributed by atoms with E-state index in [0.717, 1.165) is 29.4 Å². The second-order valence-corrected chi connectivity index (χ2v) is 6.00. The van der Waals surface area contributed by atoms with Gasteiger partial charge in [0.2, 0.25) is 0 Å². The predicted octanol–water partition coefficient (Wildman–Crippen LogP) is 2.20. The Morgan fingerprint density at radius 2 is 2.59 bits per heavy atom. The maximum atomic E-state index is 12.0. The zero-order valence-corrected chi connectivity index (χ0v) is 11.6. The zero-order valence-electron chi connectivity index (χ0n) is 9.99. The smallest absolute Gasteiger partial charge is 0.262 e. The van der Waals surface area contributed by atoms with Gasteiger partial charge in [0.05, 0.1) is 0 Å². The highest BCUT2D eigenvalue weighted by Crippen LogP contribution is 2.25. The lowest BCUT2D eigenvalue weighted by molar-refractivity contribution is 0.0946. The summed E-state index contributed by atoms with van der Waals surface area (Å²) >= 11 is 3.15. The first-order valence-electron chi connectivity index (χ1n) is 5.91. The Kier molecular flexibility index (Phi) is 4.88. The molecule has 94 valence electrons. The summed E-state index contributed by atoms with van der Waals surface area (Å²) in [5.74, 6) is 0.667. The summed E-state index contributed by atoms with van der Waals surface area (Å²) < 4.78 is 0. The van der Waals surface area contributed by atoms with Crippen LogP contribution in [0.5, 0.6) is 0 Å². The molecule has 1 amide bonds. The van der Waals surface area contributed by atoms with E-state index in [-0.39, 0.29) is 5.91 Å². The molecule has 1 unspecified atom stereocenters. The van der Waals surface area contributed by atoms with Crippen molar-refractivity contribution in [2.45, 2.75) is 17.7 Å². The maximum Gasteiger partial charge on any atom is 0.262 e. The Morgan fingerprint density at radius 1 is 1.71 bits per heavy atom. The number of piperidine rings is 1. The zero-order chi connectivity index (χ0) is 12.1. The normalized spacial score (nSPS) is 20.2. The first-order chi connectivity index (χ1) is 8.31. The van der Waals surface area contributed by atoms with Gasteiger partial charge in [-0.05, 0) is 49.6 Å². The van der Waals surface area contributed by atoms with Crippen LogP contribution in [0.25, 0.3) is 0 Å². The van der Waals surface area contributed by atoms with Crippen molar-refractivity contribution in [3.63, 3.8) is 0 Å². The number of carbonyl (C=O) groups excluding carboxylic acids is 1. The molecule has 1 atom stereocenters. The van der Waals surface area contributed by atoms with E-state index in [4.69, 9.17) is 0 Å². The molecule has 0 radical (unpaired) electrons. The monoisotopic (exact) mass is 270 g/mol.